The van der Waals surface area contributed by atoms with E-state index in [0.717, 1.165) is 32.1 Å². The molecule has 1 unspecified atom stereocenters. The molecular formula is C24H24ClNO5. The van der Waals surface area contributed by atoms with E-state index in [9.17, 15) is 19.8 Å². The van der Waals surface area contributed by atoms with Crippen LogP contribution in [0.4, 0.5) is 0 Å². The van der Waals surface area contributed by atoms with Gasteiger partial charge in [-0.05, 0) is 48.7 Å². The molecule has 7 heteroatoms. The Morgan fingerprint density at radius 3 is 2.39 bits per heavy atom. The van der Waals surface area contributed by atoms with E-state index in [2.05, 4.69) is 0 Å². The van der Waals surface area contributed by atoms with E-state index in [-0.39, 0.29) is 33.7 Å². The highest BCUT2D eigenvalue weighted by Crippen LogP contribution is 2.44. The predicted octanol–water partition coefficient (Wildman–Crippen LogP) is 4.81. The highest BCUT2D eigenvalue weighted by molar-refractivity contribution is 6.47. The average molecular weight is 442 g/mol. The number of aliphatic hydroxyl groups is 1. The van der Waals surface area contributed by atoms with Crippen molar-refractivity contribution in [3.05, 3.63) is 64.2 Å². The number of aliphatic hydroxyl groups excluding tert-OH is 1. The fourth-order valence-corrected chi connectivity index (χ4v) is 4.73. The van der Waals surface area contributed by atoms with Gasteiger partial charge in [-0.1, -0.05) is 43.0 Å². The van der Waals surface area contributed by atoms with Gasteiger partial charge in [0.2, 0.25) is 0 Å². The molecule has 0 spiro atoms. The van der Waals surface area contributed by atoms with Crippen molar-refractivity contribution < 1.29 is 24.5 Å². The second-order valence-corrected chi connectivity index (χ2v) is 8.34. The van der Waals surface area contributed by atoms with Crippen molar-refractivity contribution in [2.75, 3.05) is 7.11 Å². The zero-order chi connectivity index (χ0) is 22.1. The lowest BCUT2D eigenvalue weighted by Gasteiger charge is -2.35. The minimum atomic E-state index is -0.758. The molecule has 2 N–H and O–H groups in total. The number of ether oxygens (including phenoxy) is 1. The molecule has 0 radical (unpaired) electrons. The number of ketones is 1. The summed E-state index contributed by atoms with van der Waals surface area (Å²) in [6, 6.07) is 10.3. The van der Waals surface area contributed by atoms with Crippen LogP contribution in [0.3, 0.4) is 0 Å². The van der Waals surface area contributed by atoms with Gasteiger partial charge in [0.05, 0.1) is 23.7 Å². The van der Waals surface area contributed by atoms with Gasteiger partial charge in [-0.25, -0.2) is 0 Å². The second kappa shape index (κ2) is 8.63. The van der Waals surface area contributed by atoms with Crippen molar-refractivity contribution in [3.63, 3.8) is 0 Å². The van der Waals surface area contributed by atoms with Gasteiger partial charge >= 0.3 is 0 Å². The quantitative estimate of drug-likeness (QED) is 0.404. The first-order valence-electron chi connectivity index (χ1n) is 10.4. The fourth-order valence-electron chi connectivity index (χ4n) is 4.53. The number of halogens is 1. The summed E-state index contributed by atoms with van der Waals surface area (Å²) in [7, 11) is 1.49. The van der Waals surface area contributed by atoms with Crippen LogP contribution in [0.2, 0.25) is 5.02 Å². The Balaban J connectivity index is 1.90. The van der Waals surface area contributed by atoms with Crippen molar-refractivity contribution in [2.24, 2.45) is 0 Å². The van der Waals surface area contributed by atoms with Gasteiger partial charge in [0.1, 0.15) is 17.3 Å². The molecule has 0 aromatic heterocycles. The Bertz CT molecular complexity index is 1040. The van der Waals surface area contributed by atoms with E-state index in [4.69, 9.17) is 16.3 Å². The third kappa shape index (κ3) is 3.88. The third-order valence-corrected chi connectivity index (χ3v) is 6.42. The lowest BCUT2D eigenvalue weighted by molar-refractivity contribution is -0.141. The van der Waals surface area contributed by atoms with Crippen LogP contribution in [0.1, 0.15) is 49.3 Å². The third-order valence-electron chi connectivity index (χ3n) is 6.09. The fraction of sp³-hybridized carbons (Fsp3) is 0.333. The minimum Gasteiger partial charge on any atom is -0.508 e. The van der Waals surface area contributed by atoms with Gasteiger partial charge in [-0.2, -0.15) is 0 Å². The number of carbonyl (C=O) groups excluding carboxylic acids is 2. The maximum atomic E-state index is 13.2. The van der Waals surface area contributed by atoms with Crippen LogP contribution in [0.15, 0.2) is 48.0 Å². The molecule has 31 heavy (non-hydrogen) atoms. The van der Waals surface area contributed by atoms with E-state index >= 15 is 0 Å². The van der Waals surface area contributed by atoms with Crippen molar-refractivity contribution in [1.29, 1.82) is 0 Å². The number of phenolic OH excluding ortho intramolecular Hbond substituents is 1. The smallest absolute Gasteiger partial charge is 0.295 e. The number of carbonyl (C=O) groups is 2. The Hall–Kier alpha value is -2.99. The number of hydrogen-bond donors (Lipinski definition) is 2. The number of rotatable bonds is 4. The summed E-state index contributed by atoms with van der Waals surface area (Å²) in [4.78, 5) is 27.9. The molecule has 1 aliphatic heterocycles. The lowest BCUT2D eigenvalue weighted by atomic mass is 9.91. The minimum absolute atomic E-state index is 0.00332. The van der Waals surface area contributed by atoms with Gasteiger partial charge in [0.15, 0.2) is 0 Å². The normalized spacial score (nSPS) is 21.5. The van der Waals surface area contributed by atoms with Crippen LogP contribution < -0.4 is 4.74 Å². The second-order valence-electron chi connectivity index (χ2n) is 7.94. The van der Waals surface area contributed by atoms with E-state index in [0.29, 0.717) is 11.3 Å². The SMILES string of the molecule is COc1ccc(Cl)c(/C(O)=C2\C(=O)C(=O)N(C3CCCCC3)C2c2ccc(O)cc2)c1. The van der Waals surface area contributed by atoms with Crippen molar-refractivity contribution >= 4 is 29.1 Å². The monoisotopic (exact) mass is 441 g/mol. The zero-order valence-corrected chi connectivity index (χ0v) is 17.9. The van der Waals surface area contributed by atoms with Crippen LogP contribution in [0, 0.1) is 0 Å². The van der Waals surface area contributed by atoms with E-state index < -0.39 is 17.7 Å². The number of Topliss-reactive ketones (excluding diaryl/α,β-unsaturated/α-hetero) is 1. The molecule has 1 atom stereocenters. The lowest BCUT2D eigenvalue weighted by Crippen LogP contribution is -2.40. The molecule has 2 fully saturated rings. The molecule has 6 nitrogen and oxygen atoms in total. The van der Waals surface area contributed by atoms with Crippen LogP contribution in [-0.4, -0.2) is 40.0 Å². The van der Waals surface area contributed by atoms with Crippen LogP contribution >= 0.6 is 11.6 Å². The zero-order valence-electron chi connectivity index (χ0n) is 17.2. The maximum Gasteiger partial charge on any atom is 0.295 e. The number of benzene rings is 2. The van der Waals surface area contributed by atoms with Crippen LogP contribution in [0.5, 0.6) is 11.5 Å². The molecule has 1 heterocycles. The van der Waals surface area contributed by atoms with Crippen molar-refractivity contribution in [1.82, 2.24) is 4.90 Å². The van der Waals surface area contributed by atoms with Gasteiger partial charge in [-0.15, -0.1) is 0 Å². The molecule has 1 amide bonds. The molecule has 1 saturated heterocycles. The van der Waals surface area contributed by atoms with Gasteiger partial charge in [0.25, 0.3) is 11.7 Å². The Kier molecular flexibility index (Phi) is 5.92. The first-order chi connectivity index (χ1) is 14.9. The summed E-state index contributed by atoms with van der Waals surface area (Å²) in [6.07, 6.45) is 4.68. The van der Waals surface area contributed by atoms with Crippen LogP contribution in [0.25, 0.3) is 5.76 Å². The molecular weight excluding hydrogens is 418 g/mol. The Morgan fingerprint density at radius 1 is 1.06 bits per heavy atom. The molecule has 1 saturated carbocycles. The standard InChI is InChI=1S/C24H24ClNO5/c1-31-17-11-12-19(25)18(13-17)22(28)20-21(14-7-9-16(27)10-8-14)26(24(30)23(20)29)15-5-3-2-4-6-15/h7-13,15,21,27-28H,2-6H2,1H3/b22-20+. The Labute approximate surface area is 185 Å². The molecule has 4 rings (SSSR count). The predicted molar refractivity (Wildman–Crippen MR) is 117 cm³/mol. The molecule has 162 valence electrons. The summed E-state index contributed by atoms with van der Waals surface area (Å²) in [5.41, 5.74) is 0.867. The topological polar surface area (TPSA) is 87.1 Å². The largest absolute Gasteiger partial charge is 0.508 e. The Morgan fingerprint density at radius 2 is 1.74 bits per heavy atom. The summed E-state index contributed by atoms with van der Waals surface area (Å²) in [5.74, 6) is -1.15. The summed E-state index contributed by atoms with van der Waals surface area (Å²) < 4.78 is 5.23. The summed E-state index contributed by atoms with van der Waals surface area (Å²) in [6.45, 7) is 0. The highest BCUT2D eigenvalue weighted by Gasteiger charge is 2.49. The molecule has 2 aromatic rings. The van der Waals surface area contributed by atoms with Crippen LogP contribution in [-0.2, 0) is 9.59 Å². The van der Waals surface area contributed by atoms with Crippen molar-refractivity contribution in [2.45, 2.75) is 44.2 Å². The molecule has 2 aliphatic rings. The average Bonchev–Trinajstić information content (AvgIpc) is 3.05. The van der Waals surface area contributed by atoms with Gasteiger partial charge in [0, 0.05) is 11.6 Å². The number of aromatic hydroxyl groups is 1. The summed E-state index contributed by atoms with van der Waals surface area (Å²) >= 11 is 6.32. The molecule has 2 aromatic carbocycles. The summed E-state index contributed by atoms with van der Waals surface area (Å²) in [5, 5.41) is 21.2. The first kappa shape index (κ1) is 21.2. The van der Waals surface area contributed by atoms with E-state index in [1.165, 1.54) is 19.2 Å². The number of methoxy groups -OCH3 is 1. The van der Waals surface area contributed by atoms with E-state index in [1.54, 1.807) is 35.2 Å². The van der Waals surface area contributed by atoms with Gasteiger partial charge in [-0.3, -0.25) is 9.59 Å². The van der Waals surface area contributed by atoms with Crippen molar-refractivity contribution in [3.8, 4) is 11.5 Å². The van der Waals surface area contributed by atoms with Gasteiger partial charge < -0.3 is 19.8 Å². The van der Waals surface area contributed by atoms with E-state index in [1.807, 2.05) is 0 Å². The molecule has 1 aliphatic carbocycles. The first-order valence-corrected chi connectivity index (χ1v) is 10.7. The number of nitrogens with zero attached hydrogens (tertiary/aromatic N) is 1. The number of hydrogen-bond acceptors (Lipinski definition) is 5. The molecule has 0 bridgehead atoms. The number of likely N-dealkylation sites (tertiary alicyclic amines) is 1. The highest BCUT2D eigenvalue weighted by atomic mass is 35.5. The number of amides is 1. The maximum absolute atomic E-state index is 13.2. The number of phenols is 1.